The van der Waals surface area contributed by atoms with Crippen molar-refractivity contribution in [2.24, 2.45) is 15.2 Å². The molecule has 0 aliphatic heterocycles. The zero-order chi connectivity index (χ0) is 18.5. The number of hydrogen-bond donors (Lipinski definition) is 1. The van der Waals surface area contributed by atoms with Crippen LogP contribution >= 0.6 is 23.2 Å². The smallest absolute Gasteiger partial charge is 0.124 e. The van der Waals surface area contributed by atoms with E-state index in [0.717, 1.165) is 5.56 Å². The molecule has 0 unspecified atom stereocenters. The second-order valence-electron chi connectivity index (χ2n) is 5.61. The van der Waals surface area contributed by atoms with E-state index in [0.29, 0.717) is 32.7 Å². The average molecular weight is 384 g/mol. The summed E-state index contributed by atoms with van der Waals surface area (Å²) in [6.07, 6.45) is 1.56. The molecular weight excluding hydrogens is 369 g/mol. The summed E-state index contributed by atoms with van der Waals surface area (Å²) in [6.45, 7) is 1.93. The fourth-order valence-electron chi connectivity index (χ4n) is 2.17. The maximum Gasteiger partial charge on any atom is 0.124 e. The van der Waals surface area contributed by atoms with Gasteiger partial charge in [-0.05, 0) is 61.0 Å². The standard InChI is InChI=1S/C20H15Cl2N3O/c1-13-5-6-16(11-19(13)22)23-12-14-9-18(7-8-20(14)26)25-24-17-4-2-3-15(21)10-17/h2-12,26H,1H3. The monoisotopic (exact) mass is 383 g/mol. The normalized spacial score (nSPS) is 11.5. The summed E-state index contributed by atoms with van der Waals surface area (Å²) >= 11 is 12.0. The van der Waals surface area contributed by atoms with Gasteiger partial charge in [0.2, 0.25) is 0 Å². The molecule has 0 aliphatic rings. The SMILES string of the molecule is Cc1ccc(N=Cc2cc(N=Nc3cccc(Cl)c3)ccc2O)cc1Cl. The molecule has 3 rings (SSSR count). The van der Waals surface area contributed by atoms with Crippen molar-refractivity contribution in [3.8, 4) is 5.75 Å². The molecule has 3 aromatic rings. The number of halogens is 2. The second-order valence-corrected chi connectivity index (χ2v) is 6.46. The van der Waals surface area contributed by atoms with E-state index in [-0.39, 0.29) is 5.75 Å². The van der Waals surface area contributed by atoms with Crippen LogP contribution < -0.4 is 0 Å². The van der Waals surface area contributed by atoms with Crippen LogP contribution in [0.3, 0.4) is 0 Å². The number of aliphatic imine (C=N–C) groups is 1. The molecule has 130 valence electrons. The number of azo groups is 1. The lowest BCUT2D eigenvalue weighted by Crippen LogP contribution is -1.82. The van der Waals surface area contributed by atoms with Gasteiger partial charge >= 0.3 is 0 Å². The van der Waals surface area contributed by atoms with Crippen LogP contribution in [-0.2, 0) is 0 Å². The summed E-state index contributed by atoms with van der Waals surface area (Å²) in [5.74, 6) is 0.105. The summed E-state index contributed by atoms with van der Waals surface area (Å²) < 4.78 is 0. The minimum absolute atomic E-state index is 0.105. The van der Waals surface area contributed by atoms with Gasteiger partial charge in [0.1, 0.15) is 5.75 Å². The van der Waals surface area contributed by atoms with Crippen LogP contribution in [0.25, 0.3) is 0 Å². The maximum absolute atomic E-state index is 10.0. The first-order chi connectivity index (χ1) is 12.5. The van der Waals surface area contributed by atoms with Crippen molar-refractivity contribution in [1.82, 2.24) is 0 Å². The Balaban J connectivity index is 1.83. The third kappa shape index (κ3) is 4.69. The Kier molecular flexibility index (Phi) is 5.66. The van der Waals surface area contributed by atoms with Crippen LogP contribution in [0.15, 0.2) is 75.9 Å². The van der Waals surface area contributed by atoms with Crippen LogP contribution in [0.5, 0.6) is 5.75 Å². The predicted octanol–water partition coefficient (Wildman–Crippen LogP) is 7.17. The van der Waals surface area contributed by atoms with E-state index in [2.05, 4.69) is 15.2 Å². The van der Waals surface area contributed by atoms with Gasteiger partial charge in [-0.25, -0.2) is 0 Å². The average Bonchev–Trinajstić information content (AvgIpc) is 2.63. The number of nitrogens with zero attached hydrogens (tertiary/aromatic N) is 3. The van der Waals surface area contributed by atoms with E-state index in [4.69, 9.17) is 23.2 Å². The fourth-order valence-corrected chi connectivity index (χ4v) is 2.53. The van der Waals surface area contributed by atoms with Crippen molar-refractivity contribution in [2.75, 3.05) is 0 Å². The topological polar surface area (TPSA) is 57.3 Å². The summed E-state index contributed by atoms with van der Waals surface area (Å²) in [4.78, 5) is 4.35. The quantitative estimate of drug-likeness (QED) is 0.376. The number of rotatable bonds is 4. The summed E-state index contributed by atoms with van der Waals surface area (Å²) in [6, 6.07) is 17.5. The van der Waals surface area contributed by atoms with E-state index in [1.54, 1.807) is 54.7 Å². The molecule has 0 radical (unpaired) electrons. The Hall–Kier alpha value is -2.69. The second kappa shape index (κ2) is 8.13. The fraction of sp³-hybridized carbons (Fsp3) is 0.0500. The Morgan fingerprint density at radius 2 is 1.58 bits per heavy atom. The van der Waals surface area contributed by atoms with Crippen LogP contribution in [0.2, 0.25) is 10.0 Å². The number of hydrogen-bond acceptors (Lipinski definition) is 4. The van der Waals surface area contributed by atoms with E-state index in [1.807, 2.05) is 19.1 Å². The van der Waals surface area contributed by atoms with Gasteiger partial charge in [0.25, 0.3) is 0 Å². The van der Waals surface area contributed by atoms with Gasteiger partial charge in [0.15, 0.2) is 0 Å². The lowest BCUT2D eigenvalue weighted by atomic mass is 10.2. The molecule has 26 heavy (non-hydrogen) atoms. The molecule has 0 amide bonds. The lowest BCUT2D eigenvalue weighted by molar-refractivity contribution is 0.474. The number of aryl methyl sites for hydroxylation is 1. The first-order valence-electron chi connectivity index (χ1n) is 7.82. The van der Waals surface area contributed by atoms with Crippen molar-refractivity contribution >= 4 is 46.5 Å². The molecule has 0 aliphatic carbocycles. The minimum atomic E-state index is 0.105. The molecule has 0 heterocycles. The molecular formula is C20H15Cl2N3O. The number of benzene rings is 3. The molecule has 0 atom stereocenters. The predicted molar refractivity (Wildman–Crippen MR) is 107 cm³/mol. The summed E-state index contributed by atoms with van der Waals surface area (Å²) in [5, 5.41) is 19.6. The van der Waals surface area contributed by atoms with E-state index >= 15 is 0 Å². The Morgan fingerprint density at radius 3 is 2.31 bits per heavy atom. The number of aromatic hydroxyl groups is 1. The molecule has 3 aromatic carbocycles. The third-order valence-corrected chi connectivity index (χ3v) is 4.25. The zero-order valence-corrected chi connectivity index (χ0v) is 15.4. The molecule has 0 saturated heterocycles. The highest BCUT2D eigenvalue weighted by Crippen LogP contribution is 2.26. The van der Waals surface area contributed by atoms with Gasteiger partial charge in [0.05, 0.1) is 17.1 Å². The Morgan fingerprint density at radius 1 is 0.846 bits per heavy atom. The highest BCUT2D eigenvalue weighted by molar-refractivity contribution is 6.31. The lowest BCUT2D eigenvalue weighted by Gasteiger charge is -2.01. The zero-order valence-electron chi connectivity index (χ0n) is 13.9. The maximum atomic E-state index is 10.0. The molecule has 0 bridgehead atoms. The molecule has 0 aromatic heterocycles. The first-order valence-corrected chi connectivity index (χ1v) is 8.57. The van der Waals surface area contributed by atoms with Crippen molar-refractivity contribution < 1.29 is 5.11 Å². The van der Waals surface area contributed by atoms with Crippen molar-refractivity contribution in [3.05, 3.63) is 81.8 Å². The highest BCUT2D eigenvalue weighted by Gasteiger charge is 2.02. The van der Waals surface area contributed by atoms with E-state index in [9.17, 15) is 5.11 Å². The number of phenolic OH excluding ortho intramolecular Hbond substituents is 1. The van der Waals surface area contributed by atoms with Crippen LogP contribution in [0, 0.1) is 6.92 Å². The largest absolute Gasteiger partial charge is 0.507 e. The summed E-state index contributed by atoms with van der Waals surface area (Å²) in [7, 11) is 0. The van der Waals surface area contributed by atoms with E-state index in [1.165, 1.54) is 0 Å². The van der Waals surface area contributed by atoms with Gasteiger partial charge < -0.3 is 5.11 Å². The van der Waals surface area contributed by atoms with Gasteiger partial charge in [0, 0.05) is 21.8 Å². The number of phenols is 1. The summed E-state index contributed by atoms with van der Waals surface area (Å²) in [5.41, 5.74) is 3.45. The molecule has 4 nitrogen and oxygen atoms in total. The highest BCUT2D eigenvalue weighted by atomic mass is 35.5. The van der Waals surface area contributed by atoms with Crippen molar-refractivity contribution in [1.29, 1.82) is 0 Å². The molecule has 0 spiro atoms. The van der Waals surface area contributed by atoms with Gasteiger partial charge in [-0.3, -0.25) is 4.99 Å². The van der Waals surface area contributed by atoms with Crippen molar-refractivity contribution in [3.63, 3.8) is 0 Å². The van der Waals surface area contributed by atoms with Gasteiger partial charge in [-0.2, -0.15) is 10.2 Å². The third-order valence-electron chi connectivity index (χ3n) is 3.61. The molecule has 1 N–H and O–H groups in total. The van der Waals surface area contributed by atoms with Crippen LogP contribution in [0.4, 0.5) is 17.1 Å². The van der Waals surface area contributed by atoms with Crippen LogP contribution in [-0.4, -0.2) is 11.3 Å². The Labute approximate surface area is 161 Å². The van der Waals surface area contributed by atoms with E-state index < -0.39 is 0 Å². The minimum Gasteiger partial charge on any atom is -0.507 e. The molecule has 6 heteroatoms. The Bertz CT molecular complexity index is 1000. The van der Waals surface area contributed by atoms with Gasteiger partial charge in [-0.15, -0.1) is 0 Å². The van der Waals surface area contributed by atoms with Gasteiger partial charge in [-0.1, -0.05) is 35.3 Å². The van der Waals surface area contributed by atoms with Crippen LogP contribution in [0.1, 0.15) is 11.1 Å². The molecule has 0 saturated carbocycles. The van der Waals surface area contributed by atoms with Crippen molar-refractivity contribution in [2.45, 2.75) is 6.92 Å². The molecule has 0 fully saturated rings. The first kappa shape index (κ1) is 18.1.